The van der Waals surface area contributed by atoms with Crippen molar-refractivity contribution in [2.45, 2.75) is 6.92 Å². The topological polar surface area (TPSA) is 38.7 Å². The van der Waals surface area contributed by atoms with Crippen LogP contribution in [0.4, 0.5) is 0 Å². The van der Waals surface area contributed by atoms with E-state index in [4.69, 9.17) is 14.6 Å². The molecule has 0 fully saturated rings. The summed E-state index contributed by atoms with van der Waals surface area (Å²) in [5.41, 5.74) is 0.924. The van der Waals surface area contributed by atoms with Gasteiger partial charge in [0.1, 0.15) is 17.2 Å². The number of hydrogen-bond acceptors (Lipinski definition) is 3. The Labute approximate surface area is 144 Å². The SMILES string of the molecule is COc1ccccc1.COc1ccccc1.Cc1ccccc1O. The van der Waals surface area contributed by atoms with Crippen LogP contribution in [0.25, 0.3) is 0 Å². The summed E-state index contributed by atoms with van der Waals surface area (Å²) in [6, 6.07) is 26.6. The smallest absolute Gasteiger partial charge is 0.118 e. The molecule has 0 heterocycles. The summed E-state index contributed by atoms with van der Waals surface area (Å²) < 4.78 is 9.83. The quantitative estimate of drug-likeness (QED) is 0.713. The first kappa shape index (κ1) is 19.1. The predicted octanol–water partition coefficient (Wildman–Crippen LogP) is 5.09. The first-order valence-electron chi connectivity index (χ1n) is 7.60. The van der Waals surface area contributed by atoms with Gasteiger partial charge in [0.25, 0.3) is 0 Å². The third kappa shape index (κ3) is 7.90. The van der Waals surface area contributed by atoms with Gasteiger partial charge in [-0.25, -0.2) is 0 Å². The molecule has 0 aliphatic rings. The van der Waals surface area contributed by atoms with Crippen LogP contribution >= 0.6 is 0 Å². The second-order valence-electron chi connectivity index (χ2n) is 4.82. The average molecular weight is 324 g/mol. The Bertz CT molecular complexity index is 606. The molecular formula is C21H24O3. The maximum absolute atomic E-state index is 8.92. The average Bonchev–Trinajstić information content (AvgIpc) is 2.66. The lowest BCUT2D eigenvalue weighted by Crippen LogP contribution is -1.78. The van der Waals surface area contributed by atoms with Gasteiger partial charge in [0.05, 0.1) is 14.2 Å². The Kier molecular flexibility index (Phi) is 9.24. The molecule has 0 bridgehead atoms. The van der Waals surface area contributed by atoms with Crippen LogP contribution in [0.2, 0.25) is 0 Å². The van der Waals surface area contributed by atoms with E-state index >= 15 is 0 Å². The highest BCUT2D eigenvalue weighted by molar-refractivity contribution is 5.29. The van der Waals surface area contributed by atoms with Gasteiger partial charge >= 0.3 is 0 Å². The highest BCUT2D eigenvalue weighted by Gasteiger charge is 1.87. The fraction of sp³-hybridized carbons (Fsp3) is 0.143. The minimum absolute atomic E-state index is 0.368. The molecule has 0 atom stereocenters. The molecule has 0 spiro atoms. The molecule has 3 rings (SSSR count). The second-order valence-corrected chi connectivity index (χ2v) is 4.82. The molecule has 1 N–H and O–H groups in total. The summed E-state index contributed by atoms with van der Waals surface area (Å²) in [6.45, 7) is 1.87. The number of hydrogen-bond donors (Lipinski definition) is 1. The lowest BCUT2D eigenvalue weighted by atomic mass is 10.2. The molecule has 3 aromatic carbocycles. The van der Waals surface area contributed by atoms with Crippen molar-refractivity contribution in [2.24, 2.45) is 0 Å². The molecule has 0 aliphatic heterocycles. The summed E-state index contributed by atoms with van der Waals surface area (Å²) in [6.07, 6.45) is 0. The van der Waals surface area contributed by atoms with Gasteiger partial charge in [-0.15, -0.1) is 0 Å². The highest BCUT2D eigenvalue weighted by atomic mass is 16.5. The van der Waals surface area contributed by atoms with Gasteiger partial charge in [-0.3, -0.25) is 0 Å². The molecule has 0 amide bonds. The van der Waals surface area contributed by atoms with Crippen molar-refractivity contribution in [2.75, 3.05) is 14.2 Å². The minimum atomic E-state index is 0.368. The van der Waals surface area contributed by atoms with E-state index in [-0.39, 0.29) is 0 Å². The number of aryl methyl sites for hydroxylation is 1. The molecule has 0 saturated carbocycles. The number of phenolic OH excluding ortho intramolecular Hbond substituents is 1. The van der Waals surface area contributed by atoms with Gasteiger partial charge in [0.2, 0.25) is 0 Å². The Morgan fingerprint density at radius 3 is 1.21 bits per heavy atom. The molecule has 0 aliphatic carbocycles. The number of rotatable bonds is 2. The minimum Gasteiger partial charge on any atom is -0.508 e. The van der Waals surface area contributed by atoms with E-state index in [9.17, 15) is 0 Å². The number of methoxy groups -OCH3 is 2. The van der Waals surface area contributed by atoms with Crippen LogP contribution in [0.5, 0.6) is 17.2 Å². The predicted molar refractivity (Wildman–Crippen MR) is 98.8 cm³/mol. The standard InChI is InChI=1S/3C7H8O/c2*1-8-7-5-3-2-4-6-7;1-6-4-2-3-5-7(6)8/h2*2-6H,1H3;2-5,8H,1H3. The van der Waals surface area contributed by atoms with Gasteiger partial charge in [0.15, 0.2) is 0 Å². The van der Waals surface area contributed by atoms with E-state index in [0.29, 0.717) is 5.75 Å². The summed E-state index contributed by atoms with van der Waals surface area (Å²) in [5.74, 6) is 2.19. The van der Waals surface area contributed by atoms with Crippen LogP contribution in [0, 0.1) is 6.92 Å². The molecule has 24 heavy (non-hydrogen) atoms. The Morgan fingerprint density at radius 2 is 0.958 bits per heavy atom. The molecule has 0 radical (unpaired) electrons. The van der Waals surface area contributed by atoms with Crippen LogP contribution in [0.1, 0.15) is 5.56 Å². The third-order valence-corrected chi connectivity index (χ3v) is 3.07. The third-order valence-electron chi connectivity index (χ3n) is 3.07. The molecular weight excluding hydrogens is 300 g/mol. The Hall–Kier alpha value is -2.94. The summed E-state index contributed by atoms with van der Waals surface area (Å²) in [5, 5.41) is 8.92. The Balaban J connectivity index is 0.000000180. The monoisotopic (exact) mass is 324 g/mol. The first-order valence-corrected chi connectivity index (χ1v) is 7.60. The zero-order chi connectivity index (χ0) is 17.6. The summed E-state index contributed by atoms with van der Waals surface area (Å²) >= 11 is 0. The number of phenols is 1. The van der Waals surface area contributed by atoms with Crippen molar-refractivity contribution in [1.82, 2.24) is 0 Å². The van der Waals surface area contributed by atoms with E-state index < -0.39 is 0 Å². The van der Waals surface area contributed by atoms with Crippen LogP contribution in [0.15, 0.2) is 84.9 Å². The zero-order valence-corrected chi connectivity index (χ0v) is 14.3. The van der Waals surface area contributed by atoms with Crippen molar-refractivity contribution in [3.05, 3.63) is 90.5 Å². The van der Waals surface area contributed by atoms with Crippen LogP contribution in [-0.4, -0.2) is 19.3 Å². The molecule has 3 heteroatoms. The second kappa shape index (κ2) is 11.6. The van der Waals surface area contributed by atoms with E-state index in [0.717, 1.165) is 17.1 Å². The fourth-order valence-electron chi connectivity index (χ4n) is 1.68. The van der Waals surface area contributed by atoms with Gasteiger partial charge in [-0.1, -0.05) is 54.6 Å². The van der Waals surface area contributed by atoms with Crippen molar-refractivity contribution >= 4 is 0 Å². The Morgan fingerprint density at radius 1 is 0.583 bits per heavy atom. The van der Waals surface area contributed by atoms with E-state index in [1.54, 1.807) is 20.3 Å². The van der Waals surface area contributed by atoms with Crippen molar-refractivity contribution < 1.29 is 14.6 Å². The lowest BCUT2D eigenvalue weighted by Gasteiger charge is -1.93. The van der Waals surface area contributed by atoms with E-state index in [1.807, 2.05) is 85.8 Å². The van der Waals surface area contributed by atoms with Crippen LogP contribution in [0.3, 0.4) is 0 Å². The number of aromatic hydroxyl groups is 1. The van der Waals surface area contributed by atoms with E-state index in [2.05, 4.69) is 0 Å². The zero-order valence-electron chi connectivity index (χ0n) is 14.3. The number of para-hydroxylation sites is 3. The van der Waals surface area contributed by atoms with Crippen molar-refractivity contribution in [1.29, 1.82) is 0 Å². The number of benzene rings is 3. The van der Waals surface area contributed by atoms with E-state index in [1.165, 1.54) is 0 Å². The normalized spacial score (nSPS) is 8.79. The van der Waals surface area contributed by atoms with Gasteiger partial charge < -0.3 is 14.6 Å². The summed E-state index contributed by atoms with van der Waals surface area (Å²) in [7, 11) is 3.32. The fourth-order valence-corrected chi connectivity index (χ4v) is 1.68. The van der Waals surface area contributed by atoms with Gasteiger partial charge in [-0.2, -0.15) is 0 Å². The largest absolute Gasteiger partial charge is 0.508 e. The maximum atomic E-state index is 8.92. The highest BCUT2D eigenvalue weighted by Crippen LogP contribution is 2.12. The molecule has 0 aromatic heterocycles. The molecule has 3 aromatic rings. The molecule has 0 unspecified atom stereocenters. The first-order chi connectivity index (χ1) is 11.7. The lowest BCUT2D eigenvalue weighted by molar-refractivity contribution is 0.414. The van der Waals surface area contributed by atoms with Crippen LogP contribution < -0.4 is 9.47 Å². The van der Waals surface area contributed by atoms with Crippen molar-refractivity contribution in [3.8, 4) is 17.2 Å². The molecule has 126 valence electrons. The van der Waals surface area contributed by atoms with Gasteiger partial charge in [-0.05, 0) is 42.8 Å². The molecule has 0 saturated heterocycles. The van der Waals surface area contributed by atoms with Gasteiger partial charge in [0, 0.05) is 0 Å². The van der Waals surface area contributed by atoms with Crippen molar-refractivity contribution in [3.63, 3.8) is 0 Å². The molecule has 3 nitrogen and oxygen atoms in total. The summed E-state index contributed by atoms with van der Waals surface area (Å²) in [4.78, 5) is 0. The number of ether oxygens (including phenoxy) is 2. The van der Waals surface area contributed by atoms with Crippen LogP contribution in [-0.2, 0) is 0 Å². The maximum Gasteiger partial charge on any atom is 0.118 e.